The number of oxazole rings is 1. The van der Waals surface area contributed by atoms with E-state index >= 15 is 0 Å². The van der Waals surface area contributed by atoms with Crippen molar-refractivity contribution in [3.05, 3.63) is 60.7 Å². The third-order valence-corrected chi connectivity index (χ3v) is 4.01. The lowest BCUT2D eigenvalue weighted by molar-refractivity contribution is -0.116. The van der Waals surface area contributed by atoms with E-state index in [1.807, 2.05) is 30.3 Å². The van der Waals surface area contributed by atoms with Crippen LogP contribution in [0.3, 0.4) is 0 Å². The van der Waals surface area contributed by atoms with Crippen LogP contribution < -0.4 is 5.32 Å². The number of nitrogens with one attached hydrogen (secondary N) is 1. The molecule has 0 bridgehead atoms. The van der Waals surface area contributed by atoms with Crippen molar-refractivity contribution in [1.29, 1.82) is 0 Å². The lowest BCUT2D eigenvalue weighted by Crippen LogP contribution is -2.12. The second-order valence-corrected chi connectivity index (χ2v) is 5.79. The van der Waals surface area contributed by atoms with Crippen LogP contribution in [0, 0.1) is 0 Å². The summed E-state index contributed by atoms with van der Waals surface area (Å²) >= 11 is 0. The van der Waals surface area contributed by atoms with Crippen LogP contribution in [0.25, 0.3) is 33.3 Å². The Labute approximate surface area is 143 Å². The smallest absolute Gasteiger partial charge is 0.227 e. The first-order valence-corrected chi connectivity index (χ1v) is 8.03. The van der Waals surface area contributed by atoms with E-state index in [1.165, 1.54) is 0 Å². The lowest BCUT2D eigenvalue weighted by atomic mass is 10.1. The Kier molecular flexibility index (Phi) is 3.91. The van der Waals surface area contributed by atoms with Crippen LogP contribution in [0.5, 0.6) is 0 Å². The molecule has 5 heteroatoms. The molecule has 0 aliphatic heterocycles. The monoisotopic (exact) mass is 332 g/mol. The number of fused-ring (bicyclic) bond motifs is 2. The highest BCUT2D eigenvalue weighted by Crippen LogP contribution is 2.28. The number of amides is 1. The van der Waals surface area contributed by atoms with E-state index in [0.717, 1.165) is 16.3 Å². The van der Waals surface area contributed by atoms with E-state index < -0.39 is 0 Å². The summed E-state index contributed by atoms with van der Waals surface area (Å²) < 4.78 is 5.85. The molecule has 4 rings (SSSR count). The quantitative estimate of drug-likeness (QED) is 0.593. The summed E-state index contributed by atoms with van der Waals surface area (Å²) in [6.45, 7) is -0.176. The standard InChI is InChI=1S/C20H16N2O3/c23-10-9-19(24)21-16-7-8-18-17(12-16)22-20(25-18)15-6-5-13-3-1-2-4-14(13)11-15/h1-8,11-12,23H,9-10H2,(H,21,24). The van der Waals surface area contributed by atoms with Crippen molar-refractivity contribution >= 4 is 33.5 Å². The first kappa shape index (κ1) is 15.4. The third-order valence-electron chi connectivity index (χ3n) is 4.01. The summed E-state index contributed by atoms with van der Waals surface area (Å²) in [7, 11) is 0. The van der Waals surface area contributed by atoms with Crippen LogP contribution in [0.4, 0.5) is 5.69 Å². The molecule has 0 atom stereocenters. The molecule has 2 N–H and O–H groups in total. The van der Waals surface area contributed by atoms with Gasteiger partial charge < -0.3 is 14.8 Å². The molecule has 124 valence electrons. The van der Waals surface area contributed by atoms with Crippen LogP contribution in [-0.4, -0.2) is 22.6 Å². The molecule has 0 unspecified atom stereocenters. The summed E-state index contributed by atoms with van der Waals surface area (Å²) in [5, 5.41) is 13.8. The van der Waals surface area contributed by atoms with Crippen molar-refractivity contribution in [2.45, 2.75) is 6.42 Å². The van der Waals surface area contributed by atoms with Gasteiger partial charge in [-0.2, -0.15) is 0 Å². The largest absolute Gasteiger partial charge is 0.436 e. The van der Waals surface area contributed by atoms with Gasteiger partial charge in [-0.1, -0.05) is 30.3 Å². The molecule has 1 heterocycles. The Balaban J connectivity index is 1.69. The van der Waals surface area contributed by atoms with Crippen LogP contribution in [-0.2, 0) is 4.79 Å². The number of aliphatic hydroxyl groups is 1. The summed E-state index contributed by atoms with van der Waals surface area (Å²) in [6, 6.07) is 19.5. The molecule has 0 radical (unpaired) electrons. The summed E-state index contributed by atoms with van der Waals surface area (Å²) in [4.78, 5) is 16.1. The molecule has 3 aromatic carbocycles. The zero-order valence-corrected chi connectivity index (χ0v) is 13.4. The second-order valence-electron chi connectivity index (χ2n) is 5.79. The fourth-order valence-corrected chi connectivity index (χ4v) is 2.78. The first-order valence-electron chi connectivity index (χ1n) is 8.03. The Hall–Kier alpha value is -3.18. The van der Waals surface area contributed by atoms with Gasteiger partial charge in [0.2, 0.25) is 11.8 Å². The predicted octanol–water partition coefficient (Wildman–Crippen LogP) is 3.97. The van der Waals surface area contributed by atoms with Gasteiger partial charge in [-0.05, 0) is 41.1 Å². The van der Waals surface area contributed by atoms with Crippen LogP contribution in [0.2, 0.25) is 0 Å². The number of aromatic nitrogens is 1. The number of carbonyl (C=O) groups excluding carboxylic acids is 1. The molecule has 0 aliphatic rings. The number of hydrogen-bond acceptors (Lipinski definition) is 4. The number of anilines is 1. The molecular weight excluding hydrogens is 316 g/mol. The topological polar surface area (TPSA) is 75.4 Å². The van der Waals surface area contributed by atoms with Crippen LogP contribution in [0.15, 0.2) is 65.1 Å². The van der Waals surface area contributed by atoms with Gasteiger partial charge in [0.05, 0.1) is 13.0 Å². The van der Waals surface area contributed by atoms with E-state index in [-0.39, 0.29) is 18.9 Å². The molecule has 0 spiro atoms. The van der Waals surface area contributed by atoms with E-state index in [2.05, 4.69) is 22.4 Å². The van der Waals surface area contributed by atoms with E-state index in [0.29, 0.717) is 22.7 Å². The molecular formula is C20H16N2O3. The average molecular weight is 332 g/mol. The summed E-state index contributed by atoms with van der Waals surface area (Å²) in [5.41, 5.74) is 2.86. The van der Waals surface area contributed by atoms with Crippen molar-refractivity contribution in [2.75, 3.05) is 11.9 Å². The molecule has 0 fully saturated rings. The van der Waals surface area contributed by atoms with Crippen molar-refractivity contribution < 1.29 is 14.3 Å². The van der Waals surface area contributed by atoms with Crippen molar-refractivity contribution in [2.24, 2.45) is 0 Å². The van der Waals surface area contributed by atoms with Gasteiger partial charge in [0, 0.05) is 11.3 Å². The Morgan fingerprint density at radius 3 is 2.72 bits per heavy atom. The highest BCUT2D eigenvalue weighted by Gasteiger charge is 2.10. The van der Waals surface area contributed by atoms with Crippen molar-refractivity contribution in [3.63, 3.8) is 0 Å². The minimum atomic E-state index is -0.236. The van der Waals surface area contributed by atoms with Gasteiger partial charge >= 0.3 is 0 Å². The highest BCUT2D eigenvalue weighted by molar-refractivity contribution is 5.93. The van der Waals surface area contributed by atoms with E-state index in [1.54, 1.807) is 18.2 Å². The maximum Gasteiger partial charge on any atom is 0.227 e. The number of nitrogens with zero attached hydrogens (tertiary/aromatic N) is 1. The minimum absolute atomic E-state index is 0.0686. The van der Waals surface area contributed by atoms with E-state index in [9.17, 15) is 4.79 Å². The van der Waals surface area contributed by atoms with Crippen LogP contribution >= 0.6 is 0 Å². The number of benzene rings is 3. The molecule has 0 saturated heterocycles. The van der Waals surface area contributed by atoms with Gasteiger partial charge in [0.15, 0.2) is 5.58 Å². The molecule has 4 aromatic rings. The second kappa shape index (κ2) is 6.37. The highest BCUT2D eigenvalue weighted by atomic mass is 16.3. The normalized spacial score (nSPS) is 11.1. The first-order chi connectivity index (χ1) is 12.2. The molecule has 0 aliphatic carbocycles. The Bertz CT molecular complexity index is 1070. The fourth-order valence-electron chi connectivity index (χ4n) is 2.78. The zero-order valence-electron chi connectivity index (χ0n) is 13.4. The summed E-state index contributed by atoms with van der Waals surface area (Å²) in [5.74, 6) is 0.305. The van der Waals surface area contributed by atoms with Gasteiger partial charge in [0.1, 0.15) is 5.52 Å². The van der Waals surface area contributed by atoms with Crippen molar-refractivity contribution in [1.82, 2.24) is 4.98 Å². The third kappa shape index (κ3) is 3.09. The lowest BCUT2D eigenvalue weighted by Gasteiger charge is -2.02. The Morgan fingerprint density at radius 2 is 1.88 bits per heavy atom. The fraction of sp³-hybridized carbons (Fsp3) is 0.100. The maximum atomic E-state index is 11.6. The predicted molar refractivity (Wildman–Crippen MR) is 97.3 cm³/mol. The van der Waals surface area contributed by atoms with Crippen LogP contribution in [0.1, 0.15) is 6.42 Å². The Morgan fingerprint density at radius 1 is 1.04 bits per heavy atom. The van der Waals surface area contributed by atoms with Crippen molar-refractivity contribution in [3.8, 4) is 11.5 Å². The number of carbonyl (C=O) groups is 1. The minimum Gasteiger partial charge on any atom is -0.436 e. The van der Waals surface area contributed by atoms with Gasteiger partial charge in [-0.25, -0.2) is 4.98 Å². The molecule has 5 nitrogen and oxygen atoms in total. The number of hydrogen-bond donors (Lipinski definition) is 2. The summed E-state index contributed by atoms with van der Waals surface area (Å²) in [6.07, 6.45) is 0.0686. The maximum absolute atomic E-state index is 11.6. The average Bonchev–Trinajstić information content (AvgIpc) is 3.05. The van der Waals surface area contributed by atoms with Gasteiger partial charge in [0.25, 0.3) is 0 Å². The van der Waals surface area contributed by atoms with Gasteiger partial charge in [-0.3, -0.25) is 4.79 Å². The number of aliphatic hydroxyl groups excluding tert-OH is 1. The van der Waals surface area contributed by atoms with Gasteiger partial charge in [-0.15, -0.1) is 0 Å². The zero-order chi connectivity index (χ0) is 17.2. The molecule has 25 heavy (non-hydrogen) atoms. The molecule has 1 aromatic heterocycles. The molecule has 1 amide bonds. The number of rotatable bonds is 4. The SMILES string of the molecule is O=C(CCO)Nc1ccc2oc(-c3ccc4ccccc4c3)nc2c1. The molecule has 0 saturated carbocycles. The van der Waals surface area contributed by atoms with E-state index in [4.69, 9.17) is 9.52 Å².